The van der Waals surface area contributed by atoms with Crippen LogP contribution < -0.4 is 39.5 Å². The summed E-state index contributed by atoms with van der Waals surface area (Å²) in [5.74, 6) is -1.63. The number of rotatable bonds is 1. The van der Waals surface area contributed by atoms with Gasteiger partial charge in [-0.05, 0) is 19.1 Å². The van der Waals surface area contributed by atoms with Gasteiger partial charge in [-0.15, -0.1) is 0 Å². The third-order valence-electron chi connectivity index (χ3n) is 4.31. The standard InChI is InChI=1S/C14H18N8O3/c1-5-20-8-3-6(15)2-7(16)10(8)11(24)22(5)14(19)12(25)21-9(23)4-13(14,17)18/h2-3H,4,15-19H2,1H3,(H,21,23,25). The maximum Gasteiger partial charge on any atom is 0.271 e. The minimum Gasteiger partial charge on any atom is -0.399 e. The quantitative estimate of drug-likeness (QED) is 0.178. The van der Waals surface area contributed by atoms with E-state index in [1.165, 1.54) is 19.1 Å². The fourth-order valence-electron chi connectivity index (χ4n) is 3.08. The summed E-state index contributed by atoms with van der Waals surface area (Å²) in [7, 11) is 0. The van der Waals surface area contributed by atoms with Gasteiger partial charge in [0.25, 0.3) is 11.5 Å². The number of carbonyl (C=O) groups is 2. The molecule has 1 aliphatic rings. The molecule has 0 bridgehead atoms. The van der Waals surface area contributed by atoms with Gasteiger partial charge in [0.2, 0.25) is 11.6 Å². The van der Waals surface area contributed by atoms with E-state index in [1.807, 2.05) is 5.32 Å². The molecule has 1 atom stereocenters. The summed E-state index contributed by atoms with van der Waals surface area (Å²) in [4.78, 5) is 41.4. The molecule has 2 heterocycles. The Morgan fingerprint density at radius 1 is 1.16 bits per heavy atom. The Labute approximate surface area is 141 Å². The first-order valence-electron chi connectivity index (χ1n) is 7.29. The lowest BCUT2D eigenvalue weighted by Crippen LogP contribution is -2.82. The van der Waals surface area contributed by atoms with Crippen LogP contribution in [0.5, 0.6) is 0 Å². The first-order chi connectivity index (χ1) is 11.5. The van der Waals surface area contributed by atoms with Crippen LogP contribution in [0.15, 0.2) is 16.9 Å². The van der Waals surface area contributed by atoms with Gasteiger partial charge in [0.1, 0.15) is 11.5 Å². The zero-order valence-electron chi connectivity index (χ0n) is 13.4. The van der Waals surface area contributed by atoms with E-state index < -0.39 is 35.1 Å². The van der Waals surface area contributed by atoms with Crippen LogP contribution in [-0.4, -0.2) is 27.0 Å². The summed E-state index contributed by atoms with van der Waals surface area (Å²) in [6.07, 6.45) is -0.462. The van der Waals surface area contributed by atoms with E-state index in [9.17, 15) is 14.4 Å². The number of anilines is 2. The van der Waals surface area contributed by atoms with Crippen molar-refractivity contribution in [3.05, 3.63) is 28.3 Å². The maximum absolute atomic E-state index is 13.0. The number of nitrogens with two attached hydrogens (primary N) is 5. The predicted octanol–water partition coefficient (Wildman–Crippen LogP) is -2.86. The van der Waals surface area contributed by atoms with Crippen molar-refractivity contribution in [2.75, 3.05) is 11.5 Å². The third kappa shape index (κ3) is 2.17. The van der Waals surface area contributed by atoms with Crippen LogP contribution in [0.2, 0.25) is 0 Å². The Morgan fingerprint density at radius 3 is 2.40 bits per heavy atom. The molecule has 0 aliphatic carbocycles. The molecule has 2 amide bonds. The van der Waals surface area contributed by atoms with Crippen LogP contribution in [0, 0.1) is 6.92 Å². The summed E-state index contributed by atoms with van der Waals surface area (Å²) < 4.78 is 0.865. The zero-order valence-corrected chi connectivity index (χ0v) is 13.4. The topological polar surface area (TPSA) is 211 Å². The van der Waals surface area contributed by atoms with Crippen LogP contribution in [0.1, 0.15) is 12.2 Å². The summed E-state index contributed by atoms with van der Waals surface area (Å²) in [6, 6.07) is 2.85. The van der Waals surface area contributed by atoms with E-state index in [0.29, 0.717) is 5.69 Å². The normalized spacial score (nSPS) is 22.9. The van der Waals surface area contributed by atoms with Gasteiger partial charge in [0.05, 0.1) is 17.3 Å². The highest BCUT2D eigenvalue weighted by atomic mass is 16.2. The van der Waals surface area contributed by atoms with Crippen molar-refractivity contribution >= 4 is 34.1 Å². The van der Waals surface area contributed by atoms with Crippen LogP contribution in [0.25, 0.3) is 10.9 Å². The van der Waals surface area contributed by atoms with Crippen molar-refractivity contribution in [3.63, 3.8) is 0 Å². The Hall–Kier alpha value is -3.02. The van der Waals surface area contributed by atoms with Gasteiger partial charge in [-0.25, -0.2) is 4.98 Å². The molecular weight excluding hydrogens is 328 g/mol. The first kappa shape index (κ1) is 16.8. The summed E-state index contributed by atoms with van der Waals surface area (Å²) in [5, 5.41) is 2.07. The molecule has 2 aromatic rings. The molecule has 1 aromatic heterocycles. The average molecular weight is 346 g/mol. The highest BCUT2D eigenvalue weighted by Crippen LogP contribution is 2.28. The van der Waals surface area contributed by atoms with Gasteiger partial charge in [-0.1, -0.05) is 0 Å². The highest BCUT2D eigenvalue weighted by Gasteiger charge is 2.57. The monoisotopic (exact) mass is 346 g/mol. The van der Waals surface area contributed by atoms with E-state index in [0.717, 1.165) is 4.57 Å². The fourth-order valence-corrected chi connectivity index (χ4v) is 3.08. The molecule has 0 radical (unpaired) electrons. The number of piperidine rings is 1. The third-order valence-corrected chi connectivity index (χ3v) is 4.31. The fraction of sp³-hybridized carbons (Fsp3) is 0.286. The smallest absolute Gasteiger partial charge is 0.271 e. The molecule has 1 aliphatic heterocycles. The van der Waals surface area contributed by atoms with E-state index in [2.05, 4.69) is 4.98 Å². The predicted molar refractivity (Wildman–Crippen MR) is 90.6 cm³/mol. The highest BCUT2D eigenvalue weighted by molar-refractivity contribution is 6.03. The van der Waals surface area contributed by atoms with Crippen molar-refractivity contribution in [1.29, 1.82) is 0 Å². The molecule has 25 heavy (non-hydrogen) atoms. The molecule has 1 fully saturated rings. The van der Waals surface area contributed by atoms with Gasteiger partial charge in [0, 0.05) is 11.4 Å². The van der Waals surface area contributed by atoms with E-state index >= 15 is 0 Å². The van der Waals surface area contributed by atoms with Crippen molar-refractivity contribution in [2.24, 2.45) is 17.2 Å². The van der Waals surface area contributed by atoms with Crippen LogP contribution in [0.3, 0.4) is 0 Å². The number of amides is 2. The molecule has 11 N–H and O–H groups in total. The number of aromatic nitrogens is 2. The molecule has 1 aromatic carbocycles. The van der Waals surface area contributed by atoms with Crippen LogP contribution >= 0.6 is 0 Å². The summed E-state index contributed by atoms with van der Waals surface area (Å²) in [5.41, 5.74) is 25.3. The van der Waals surface area contributed by atoms with Gasteiger partial charge < -0.3 is 22.9 Å². The largest absolute Gasteiger partial charge is 0.399 e. The average Bonchev–Trinajstić information content (AvgIpc) is 2.43. The lowest BCUT2D eigenvalue weighted by molar-refractivity contribution is -0.146. The first-order valence-corrected chi connectivity index (χ1v) is 7.29. The Kier molecular flexibility index (Phi) is 3.36. The summed E-state index contributed by atoms with van der Waals surface area (Å²) in [6.45, 7) is 1.45. The number of imide groups is 1. The number of hydrogen-bond donors (Lipinski definition) is 6. The Balaban J connectivity index is 2.41. The molecule has 3 rings (SSSR count). The molecule has 11 nitrogen and oxygen atoms in total. The van der Waals surface area contributed by atoms with Crippen molar-refractivity contribution in [2.45, 2.75) is 24.7 Å². The minimum atomic E-state index is -2.24. The molecular formula is C14H18N8O3. The molecule has 1 saturated heterocycles. The number of fused-ring (bicyclic) bond motifs is 1. The second-order valence-electron chi connectivity index (χ2n) is 6.16. The van der Waals surface area contributed by atoms with Crippen molar-refractivity contribution in [1.82, 2.24) is 14.9 Å². The van der Waals surface area contributed by atoms with Gasteiger partial charge in [-0.3, -0.25) is 30.0 Å². The number of nitrogen functional groups attached to an aromatic ring is 2. The maximum atomic E-state index is 13.0. The Bertz CT molecular complexity index is 996. The SMILES string of the molecule is Cc1nc2cc(N)cc(N)c2c(=O)n1C1(N)C(=O)NC(=O)CC1(N)N. The van der Waals surface area contributed by atoms with Gasteiger partial charge >= 0.3 is 0 Å². The van der Waals surface area contributed by atoms with Crippen LogP contribution in [0.4, 0.5) is 11.4 Å². The number of benzene rings is 1. The number of nitrogens with one attached hydrogen (secondary N) is 1. The van der Waals surface area contributed by atoms with E-state index in [-0.39, 0.29) is 22.4 Å². The molecule has 0 spiro atoms. The van der Waals surface area contributed by atoms with E-state index in [4.69, 9.17) is 28.7 Å². The lowest BCUT2D eigenvalue weighted by Gasteiger charge is -2.45. The minimum absolute atomic E-state index is 0.0186. The second kappa shape index (κ2) is 4.99. The lowest BCUT2D eigenvalue weighted by atomic mass is 9.86. The molecule has 0 saturated carbocycles. The number of hydrogen-bond acceptors (Lipinski definition) is 9. The van der Waals surface area contributed by atoms with E-state index in [1.54, 1.807) is 0 Å². The second-order valence-corrected chi connectivity index (χ2v) is 6.16. The molecule has 132 valence electrons. The Morgan fingerprint density at radius 2 is 1.80 bits per heavy atom. The molecule has 11 heteroatoms. The number of aryl methyl sites for hydroxylation is 1. The van der Waals surface area contributed by atoms with Gasteiger partial charge in [-0.2, -0.15) is 0 Å². The van der Waals surface area contributed by atoms with Crippen LogP contribution in [-0.2, 0) is 15.3 Å². The number of nitrogens with zero attached hydrogens (tertiary/aromatic N) is 2. The van der Waals surface area contributed by atoms with Crippen molar-refractivity contribution < 1.29 is 9.59 Å². The summed E-state index contributed by atoms with van der Waals surface area (Å²) >= 11 is 0. The zero-order chi connectivity index (χ0) is 18.7. The molecule has 1 unspecified atom stereocenters. The van der Waals surface area contributed by atoms with Gasteiger partial charge in [0.15, 0.2) is 0 Å². The van der Waals surface area contributed by atoms with Crippen molar-refractivity contribution in [3.8, 4) is 0 Å². The number of carbonyl (C=O) groups excluding carboxylic acids is 2.